The summed E-state index contributed by atoms with van der Waals surface area (Å²) in [4.78, 5) is 12.2. The van der Waals surface area contributed by atoms with Crippen molar-refractivity contribution in [3.63, 3.8) is 0 Å². The zero-order valence-corrected chi connectivity index (χ0v) is 17.5. The number of benzene rings is 2. The van der Waals surface area contributed by atoms with Crippen LogP contribution in [0, 0.1) is 0 Å². The topological polar surface area (TPSA) is 75.7 Å². The van der Waals surface area contributed by atoms with Gasteiger partial charge in [-0.15, -0.1) is 0 Å². The molecular weight excluding hydrogens is 433 g/mol. The zero-order chi connectivity index (χ0) is 22.5. The molecule has 2 aromatic rings. The third-order valence-corrected chi connectivity index (χ3v) is 6.75. The van der Waals surface area contributed by atoms with E-state index in [1.807, 2.05) is 0 Å². The van der Waals surface area contributed by atoms with Crippen LogP contribution in [0.4, 0.5) is 18.9 Å². The fourth-order valence-electron chi connectivity index (χ4n) is 3.27. The van der Waals surface area contributed by atoms with Crippen LogP contribution in [0.3, 0.4) is 0 Å². The molecule has 10 heteroatoms. The number of hydrogen-bond acceptors (Lipinski definition) is 4. The summed E-state index contributed by atoms with van der Waals surface area (Å²) in [5, 5.41) is 2.52. The van der Waals surface area contributed by atoms with Gasteiger partial charge in [0.25, 0.3) is 5.91 Å². The molecule has 1 aliphatic heterocycles. The Balaban J connectivity index is 1.63. The Bertz CT molecular complexity index is 1020. The van der Waals surface area contributed by atoms with Gasteiger partial charge in [-0.3, -0.25) is 4.79 Å². The van der Waals surface area contributed by atoms with Gasteiger partial charge in [-0.05, 0) is 49.2 Å². The highest BCUT2D eigenvalue weighted by Gasteiger charge is 2.30. The first kappa shape index (κ1) is 23.1. The molecular formula is C21H23F3N2O4S. The van der Waals surface area contributed by atoms with Gasteiger partial charge in [-0.2, -0.15) is 17.5 Å². The lowest BCUT2D eigenvalue weighted by Gasteiger charge is -2.20. The summed E-state index contributed by atoms with van der Waals surface area (Å²) < 4.78 is 70.7. The van der Waals surface area contributed by atoms with Gasteiger partial charge in [-0.1, -0.05) is 25.0 Å². The van der Waals surface area contributed by atoms with Gasteiger partial charge >= 0.3 is 6.18 Å². The molecule has 1 aliphatic rings. The van der Waals surface area contributed by atoms with Gasteiger partial charge in [0.15, 0.2) is 6.61 Å². The summed E-state index contributed by atoms with van der Waals surface area (Å²) in [6, 6.07) is 10.1. The largest absolute Gasteiger partial charge is 0.484 e. The van der Waals surface area contributed by atoms with Gasteiger partial charge in [0.05, 0.1) is 10.5 Å². The lowest BCUT2D eigenvalue weighted by atomic mass is 10.2. The van der Waals surface area contributed by atoms with Crippen LogP contribution in [0.1, 0.15) is 31.2 Å². The van der Waals surface area contributed by atoms with E-state index in [2.05, 4.69) is 5.32 Å². The number of rotatable bonds is 6. The molecule has 0 unspecified atom stereocenters. The monoisotopic (exact) mass is 456 g/mol. The standard InChI is InChI=1S/C21H23F3N2O4S/c22-21(23,24)16-7-5-9-18(13-16)30-15-20(27)25-17-8-6-10-19(14-17)31(28,29)26-11-3-1-2-4-12-26/h5-10,13-14H,1-4,11-12,15H2,(H,25,27). The van der Waals surface area contributed by atoms with Crippen molar-refractivity contribution in [2.45, 2.75) is 36.8 Å². The van der Waals surface area contributed by atoms with Crippen molar-refractivity contribution in [2.24, 2.45) is 0 Å². The Labute approximate surface area is 179 Å². The lowest BCUT2D eigenvalue weighted by Crippen LogP contribution is -2.32. The predicted octanol–water partition coefficient (Wildman–Crippen LogP) is 4.29. The average Bonchev–Trinajstić information content (AvgIpc) is 3.02. The Kier molecular flexibility index (Phi) is 7.22. The molecule has 1 fully saturated rings. The van der Waals surface area contributed by atoms with Crippen molar-refractivity contribution in [1.82, 2.24) is 4.31 Å². The Morgan fingerprint density at radius 3 is 2.35 bits per heavy atom. The van der Waals surface area contributed by atoms with Gasteiger partial charge in [0.2, 0.25) is 10.0 Å². The van der Waals surface area contributed by atoms with Crippen molar-refractivity contribution in [1.29, 1.82) is 0 Å². The molecule has 0 bridgehead atoms. The highest BCUT2D eigenvalue weighted by Crippen LogP contribution is 2.31. The molecule has 0 aliphatic carbocycles. The van der Waals surface area contributed by atoms with Crippen LogP contribution < -0.4 is 10.1 Å². The van der Waals surface area contributed by atoms with Crippen LogP contribution in [0.5, 0.6) is 5.75 Å². The van der Waals surface area contributed by atoms with Crippen LogP contribution in [0.15, 0.2) is 53.4 Å². The Morgan fingerprint density at radius 1 is 1.00 bits per heavy atom. The molecule has 1 amide bonds. The van der Waals surface area contributed by atoms with Crippen LogP contribution in [0.2, 0.25) is 0 Å². The maximum Gasteiger partial charge on any atom is 0.416 e. The quantitative estimate of drug-likeness (QED) is 0.704. The number of hydrogen-bond donors (Lipinski definition) is 1. The number of carbonyl (C=O) groups is 1. The molecule has 1 N–H and O–H groups in total. The van der Waals surface area contributed by atoms with Crippen molar-refractivity contribution < 1.29 is 31.1 Å². The van der Waals surface area contributed by atoms with Gasteiger partial charge in [0.1, 0.15) is 5.75 Å². The van der Waals surface area contributed by atoms with E-state index >= 15 is 0 Å². The number of sulfonamides is 1. The highest BCUT2D eigenvalue weighted by molar-refractivity contribution is 7.89. The minimum Gasteiger partial charge on any atom is -0.484 e. The molecule has 0 aromatic heterocycles. The summed E-state index contributed by atoms with van der Waals surface area (Å²) in [5.74, 6) is -0.718. The predicted molar refractivity (Wildman–Crippen MR) is 109 cm³/mol. The molecule has 0 atom stereocenters. The van der Waals surface area contributed by atoms with Crippen LogP contribution in [-0.4, -0.2) is 38.3 Å². The second kappa shape index (κ2) is 9.69. The smallest absolute Gasteiger partial charge is 0.416 e. The van der Waals surface area contributed by atoms with Crippen LogP contribution in [0.25, 0.3) is 0 Å². The first-order chi connectivity index (χ1) is 14.7. The number of alkyl halides is 3. The third kappa shape index (κ3) is 6.20. The summed E-state index contributed by atoms with van der Waals surface area (Å²) in [6.07, 6.45) is -0.909. The summed E-state index contributed by atoms with van der Waals surface area (Å²) in [7, 11) is -3.67. The number of amides is 1. The lowest BCUT2D eigenvalue weighted by molar-refractivity contribution is -0.137. The van der Waals surface area contributed by atoms with E-state index in [9.17, 15) is 26.4 Å². The van der Waals surface area contributed by atoms with Crippen molar-refractivity contribution in [3.05, 3.63) is 54.1 Å². The fourth-order valence-corrected chi connectivity index (χ4v) is 4.84. The number of halogens is 3. The number of anilines is 1. The first-order valence-corrected chi connectivity index (χ1v) is 11.3. The number of nitrogens with one attached hydrogen (secondary N) is 1. The van der Waals surface area contributed by atoms with Gasteiger partial charge < -0.3 is 10.1 Å². The third-order valence-electron chi connectivity index (χ3n) is 4.85. The second-order valence-electron chi connectivity index (χ2n) is 7.21. The van der Waals surface area contributed by atoms with E-state index in [1.165, 1.54) is 40.7 Å². The molecule has 1 heterocycles. The fraction of sp³-hybridized carbons (Fsp3) is 0.381. The van der Waals surface area contributed by atoms with E-state index in [1.54, 1.807) is 0 Å². The van der Waals surface area contributed by atoms with E-state index in [-0.39, 0.29) is 16.3 Å². The Morgan fingerprint density at radius 2 is 1.68 bits per heavy atom. The molecule has 2 aromatic carbocycles. The first-order valence-electron chi connectivity index (χ1n) is 9.86. The Hall–Kier alpha value is -2.59. The minimum absolute atomic E-state index is 0.0750. The van der Waals surface area contributed by atoms with Crippen molar-refractivity contribution in [2.75, 3.05) is 25.0 Å². The molecule has 1 saturated heterocycles. The van der Waals surface area contributed by atoms with E-state index in [0.717, 1.165) is 37.8 Å². The minimum atomic E-state index is -4.51. The molecule has 6 nitrogen and oxygen atoms in total. The summed E-state index contributed by atoms with van der Waals surface area (Å²) in [6.45, 7) is 0.401. The molecule has 0 radical (unpaired) electrons. The number of ether oxygens (including phenoxy) is 1. The molecule has 0 spiro atoms. The van der Waals surface area contributed by atoms with E-state index in [0.29, 0.717) is 13.1 Å². The number of carbonyl (C=O) groups excluding carboxylic acids is 1. The van der Waals surface area contributed by atoms with Crippen LogP contribution >= 0.6 is 0 Å². The molecule has 3 rings (SSSR count). The van der Waals surface area contributed by atoms with Crippen molar-refractivity contribution >= 4 is 21.6 Å². The maximum absolute atomic E-state index is 12.9. The summed E-state index contributed by atoms with van der Waals surface area (Å²) >= 11 is 0. The van der Waals surface area contributed by atoms with Gasteiger partial charge in [-0.25, -0.2) is 8.42 Å². The van der Waals surface area contributed by atoms with Gasteiger partial charge in [0, 0.05) is 18.8 Å². The second-order valence-corrected chi connectivity index (χ2v) is 9.15. The average molecular weight is 456 g/mol. The van der Waals surface area contributed by atoms with E-state index < -0.39 is 34.3 Å². The molecule has 168 valence electrons. The van der Waals surface area contributed by atoms with Crippen molar-refractivity contribution in [3.8, 4) is 5.75 Å². The summed E-state index contributed by atoms with van der Waals surface area (Å²) in [5.41, 5.74) is -0.620. The molecule has 31 heavy (non-hydrogen) atoms. The normalized spacial score (nSPS) is 15.8. The highest BCUT2D eigenvalue weighted by atomic mass is 32.2. The zero-order valence-electron chi connectivity index (χ0n) is 16.7. The van der Waals surface area contributed by atoms with Crippen LogP contribution in [-0.2, 0) is 21.0 Å². The number of nitrogens with zero attached hydrogens (tertiary/aromatic N) is 1. The maximum atomic E-state index is 12.9. The van der Waals surface area contributed by atoms with E-state index in [4.69, 9.17) is 4.74 Å². The SMILES string of the molecule is O=C(COc1cccc(C(F)(F)F)c1)Nc1cccc(S(=O)(=O)N2CCCCCC2)c1. The molecule has 0 saturated carbocycles.